The second-order valence-corrected chi connectivity index (χ2v) is 7.08. The van der Waals surface area contributed by atoms with Crippen molar-refractivity contribution in [2.45, 2.75) is 31.8 Å². The highest BCUT2D eigenvalue weighted by Crippen LogP contribution is 2.17. The second kappa shape index (κ2) is 8.28. The molecule has 1 aromatic rings. The van der Waals surface area contributed by atoms with E-state index in [4.69, 9.17) is 0 Å². The summed E-state index contributed by atoms with van der Waals surface area (Å²) in [6.45, 7) is 6.76. The number of benzene rings is 1. The van der Waals surface area contributed by atoms with Gasteiger partial charge in [0.05, 0.1) is 0 Å². The Labute approximate surface area is 137 Å². The van der Waals surface area contributed by atoms with Crippen LogP contribution in [-0.2, 0) is 6.42 Å². The van der Waals surface area contributed by atoms with Gasteiger partial charge in [-0.15, -0.1) is 0 Å². The summed E-state index contributed by atoms with van der Waals surface area (Å²) in [5, 5.41) is 3.72. The third-order valence-electron chi connectivity index (χ3n) is 4.39. The lowest BCUT2D eigenvalue weighted by molar-refractivity contribution is 0.178. The number of halogens is 1. The van der Waals surface area contributed by atoms with Crippen molar-refractivity contribution in [1.29, 1.82) is 0 Å². The van der Waals surface area contributed by atoms with E-state index in [0.29, 0.717) is 12.1 Å². The molecule has 2 unspecified atom stereocenters. The van der Waals surface area contributed by atoms with E-state index in [-0.39, 0.29) is 0 Å². The van der Waals surface area contributed by atoms with E-state index in [0.717, 1.165) is 19.5 Å². The minimum atomic E-state index is 0.495. The molecule has 0 aliphatic carbocycles. The van der Waals surface area contributed by atoms with Crippen LogP contribution in [-0.4, -0.2) is 62.2 Å². The molecule has 1 heterocycles. The summed E-state index contributed by atoms with van der Waals surface area (Å²) in [6, 6.07) is 9.76. The minimum absolute atomic E-state index is 0.495. The highest BCUT2D eigenvalue weighted by molar-refractivity contribution is 9.10. The Bertz CT molecular complexity index is 438. The average molecular weight is 354 g/mol. The minimum Gasteiger partial charge on any atom is -0.312 e. The molecule has 3 nitrogen and oxygen atoms in total. The maximum absolute atomic E-state index is 3.72. The van der Waals surface area contributed by atoms with Gasteiger partial charge in [-0.25, -0.2) is 0 Å². The van der Waals surface area contributed by atoms with E-state index >= 15 is 0 Å². The van der Waals surface area contributed by atoms with Crippen LogP contribution in [0.2, 0.25) is 0 Å². The van der Waals surface area contributed by atoms with Gasteiger partial charge >= 0.3 is 0 Å². The molecule has 1 aliphatic rings. The SMILES string of the molecule is CCNC(Cc1cccc(Br)c1)C1CN(C)CCCN1C. The lowest BCUT2D eigenvalue weighted by Gasteiger charge is -2.35. The quantitative estimate of drug-likeness (QED) is 0.877. The molecule has 0 aromatic heterocycles. The summed E-state index contributed by atoms with van der Waals surface area (Å²) in [5.41, 5.74) is 1.40. The first kappa shape index (κ1) is 16.9. The molecular formula is C17H28BrN3. The Morgan fingerprint density at radius 1 is 1.33 bits per heavy atom. The number of rotatable bonds is 5. The van der Waals surface area contributed by atoms with Crippen molar-refractivity contribution in [1.82, 2.24) is 15.1 Å². The Morgan fingerprint density at radius 3 is 2.86 bits per heavy atom. The summed E-state index contributed by atoms with van der Waals surface area (Å²) in [4.78, 5) is 5.01. The molecule has 1 fully saturated rings. The first-order valence-electron chi connectivity index (χ1n) is 7.96. The number of nitrogens with zero attached hydrogens (tertiary/aromatic N) is 2. The summed E-state index contributed by atoms with van der Waals surface area (Å²) < 4.78 is 1.17. The highest BCUT2D eigenvalue weighted by Gasteiger charge is 2.28. The molecule has 1 aromatic carbocycles. The number of hydrogen-bond acceptors (Lipinski definition) is 3. The fourth-order valence-corrected chi connectivity index (χ4v) is 3.71. The van der Waals surface area contributed by atoms with Gasteiger partial charge in [0, 0.05) is 23.1 Å². The van der Waals surface area contributed by atoms with Crippen molar-refractivity contribution >= 4 is 15.9 Å². The van der Waals surface area contributed by atoms with Crippen LogP contribution in [0.5, 0.6) is 0 Å². The van der Waals surface area contributed by atoms with E-state index in [1.54, 1.807) is 0 Å². The van der Waals surface area contributed by atoms with Crippen LogP contribution in [0.15, 0.2) is 28.7 Å². The molecule has 1 aliphatic heterocycles. The second-order valence-electron chi connectivity index (χ2n) is 6.16. The zero-order chi connectivity index (χ0) is 15.2. The fourth-order valence-electron chi connectivity index (χ4n) is 3.26. The number of nitrogens with one attached hydrogen (secondary N) is 1. The van der Waals surface area contributed by atoms with Crippen LogP contribution < -0.4 is 5.32 Å². The van der Waals surface area contributed by atoms with Gasteiger partial charge < -0.3 is 15.1 Å². The molecule has 1 N–H and O–H groups in total. The van der Waals surface area contributed by atoms with Gasteiger partial charge in [-0.3, -0.25) is 0 Å². The van der Waals surface area contributed by atoms with Gasteiger partial charge in [-0.2, -0.15) is 0 Å². The van der Waals surface area contributed by atoms with Gasteiger partial charge in [0.15, 0.2) is 0 Å². The Kier molecular flexibility index (Phi) is 6.68. The van der Waals surface area contributed by atoms with Crippen LogP contribution in [0.4, 0.5) is 0 Å². The Morgan fingerprint density at radius 2 is 2.14 bits per heavy atom. The van der Waals surface area contributed by atoms with Gasteiger partial charge in [0.25, 0.3) is 0 Å². The van der Waals surface area contributed by atoms with Gasteiger partial charge in [-0.1, -0.05) is 35.0 Å². The lowest BCUT2D eigenvalue weighted by Crippen LogP contribution is -2.53. The molecule has 118 valence electrons. The van der Waals surface area contributed by atoms with Gasteiger partial charge in [0.1, 0.15) is 0 Å². The largest absolute Gasteiger partial charge is 0.312 e. The van der Waals surface area contributed by atoms with Crippen molar-refractivity contribution in [2.75, 3.05) is 40.3 Å². The van der Waals surface area contributed by atoms with E-state index < -0.39 is 0 Å². The highest BCUT2D eigenvalue weighted by atomic mass is 79.9. The van der Waals surface area contributed by atoms with Crippen molar-refractivity contribution in [3.63, 3.8) is 0 Å². The first-order valence-corrected chi connectivity index (χ1v) is 8.76. The molecule has 0 radical (unpaired) electrons. The molecule has 1 saturated heterocycles. The molecular weight excluding hydrogens is 326 g/mol. The van der Waals surface area contributed by atoms with E-state index in [1.165, 1.54) is 29.5 Å². The first-order chi connectivity index (χ1) is 10.1. The maximum Gasteiger partial charge on any atom is 0.0376 e. The van der Waals surface area contributed by atoms with Crippen molar-refractivity contribution < 1.29 is 0 Å². The summed E-state index contributed by atoms with van der Waals surface area (Å²) in [6.07, 6.45) is 2.34. The third-order valence-corrected chi connectivity index (χ3v) is 4.88. The molecule has 0 amide bonds. The Balaban J connectivity index is 2.12. The monoisotopic (exact) mass is 353 g/mol. The summed E-state index contributed by atoms with van der Waals surface area (Å²) in [7, 11) is 4.52. The smallest absolute Gasteiger partial charge is 0.0376 e. The van der Waals surface area contributed by atoms with E-state index in [1.807, 2.05) is 0 Å². The topological polar surface area (TPSA) is 18.5 Å². The van der Waals surface area contributed by atoms with Crippen LogP contribution >= 0.6 is 15.9 Å². The predicted octanol–water partition coefficient (Wildman–Crippen LogP) is 2.61. The average Bonchev–Trinajstić information content (AvgIpc) is 2.60. The van der Waals surface area contributed by atoms with Crippen molar-refractivity contribution in [2.24, 2.45) is 0 Å². The van der Waals surface area contributed by atoms with E-state index in [2.05, 4.69) is 76.3 Å². The fraction of sp³-hybridized carbons (Fsp3) is 0.647. The molecule has 21 heavy (non-hydrogen) atoms. The van der Waals surface area contributed by atoms with Crippen LogP contribution in [0.3, 0.4) is 0 Å². The standard InChI is InChI=1S/C17H28BrN3/c1-4-19-16(12-14-7-5-8-15(18)11-14)17-13-20(2)9-6-10-21(17)3/h5,7-8,11,16-17,19H,4,6,9-10,12-13H2,1-3H3. The number of hydrogen-bond donors (Lipinski definition) is 1. The number of likely N-dealkylation sites (N-methyl/N-ethyl adjacent to an activating group) is 3. The molecule has 2 rings (SSSR count). The van der Waals surface area contributed by atoms with Crippen LogP contribution in [0, 0.1) is 0 Å². The maximum atomic E-state index is 3.72. The van der Waals surface area contributed by atoms with Gasteiger partial charge in [0.2, 0.25) is 0 Å². The molecule has 4 heteroatoms. The zero-order valence-corrected chi connectivity index (χ0v) is 15.1. The van der Waals surface area contributed by atoms with Crippen molar-refractivity contribution in [3.8, 4) is 0 Å². The van der Waals surface area contributed by atoms with Gasteiger partial charge in [-0.05, 0) is 64.3 Å². The summed E-state index contributed by atoms with van der Waals surface area (Å²) >= 11 is 3.58. The molecule has 2 atom stereocenters. The predicted molar refractivity (Wildman–Crippen MR) is 93.8 cm³/mol. The third kappa shape index (κ3) is 5.06. The molecule has 0 saturated carbocycles. The normalized spacial score (nSPS) is 23.0. The Hall–Kier alpha value is -0.420. The summed E-state index contributed by atoms with van der Waals surface area (Å²) in [5.74, 6) is 0. The van der Waals surface area contributed by atoms with Crippen LogP contribution in [0.25, 0.3) is 0 Å². The van der Waals surface area contributed by atoms with E-state index in [9.17, 15) is 0 Å². The zero-order valence-electron chi connectivity index (χ0n) is 13.5. The molecule has 0 spiro atoms. The van der Waals surface area contributed by atoms with Crippen LogP contribution in [0.1, 0.15) is 18.9 Å². The van der Waals surface area contributed by atoms with Crippen molar-refractivity contribution in [3.05, 3.63) is 34.3 Å². The lowest BCUT2D eigenvalue weighted by atomic mass is 9.98. The molecule has 0 bridgehead atoms.